The first-order valence-corrected chi connectivity index (χ1v) is 10.0. The number of carbonyl (C=O) groups is 1. The summed E-state index contributed by atoms with van der Waals surface area (Å²) in [6.45, 7) is 0.560. The van der Waals surface area contributed by atoms with Crippen molar-refractivity contribution in [3.63, 3.8) is 0 Å². The molecule has 0 aliphatic heterocycles. The molecule has 31 heavy (non-hydrogen) atoms. The number of fused-ring (bicyclic) bond motifs is 1. The number of pyridine rings is 1. The van der Waals surface area contributed by atoms with Crippen molar-refractivity contribution in [2.24, 2.45) is 0 Å². The Bertz CT molecular complexity index is 1350. The topological polar surface area (TPSA) is 78.9 Å². The second-order valence-electron chi connectivity index (χ2n) is 6.92. The summed E-state index contributed by atoms with van der Waals surface area (Å²) in [5, 5.41) is 20.8. The third-order valence-corrected chi connectivity index (χ3v) is 5.34. The van der Waals surface area contributed by atoms with Crippen LogP contribution in [0.25, 0.3) is 22.6 Å². The average Bonchev–Trinajstić information content (AvgIpc) is 3.09. The standard InChI is InChI=1S/C24H15Cl2N3O2/c25-20-6-7-21-19(9-18(11-27)16-2-4-17(5-3-16)24(30)31)14-29(22(21)10-20)13-15-1-8-23(26)28-12-15/h1-10,12,14H,13H2,(H,30,31). The monoisotopic (exact) mass is 447 g/mol. The number of halogens is 2. The molecule has 0 aliphatic rings. The molecule has 0 saturated heterocycles. The fourth-order valence-corrected chi connectivity index (χ4v) is 3.64. The summed E-state index contributed by atoms with van der Waals surface area (Å²) in [5.74, 6) is -1.01. The summed E-state index contributed by atoms with van der Waals surface area (Å²) in [5.41, 5.74) is 3.99. The number of rotatable bonds is 5. The van der Waals surface area contributed by atoms with Crippen LogP contribution in [-0.2, 0) is 6.54 Å². The smallest absolute Gasteiger partial charge is 0.335 e. The number of allylic oxidation sites excluding steroid dienone is 1. The first-order chi connectivity index (χ1) is 14.9. The van der Waals surface area contributed by atoms with Gasteiger partial charge in [0.05, 0.1) is 22.7 Å². The van der Waals surface area contributed by atoms with E-state index in [2.05, 4.69) is 11.1 Å². The van der Waals surface area contributed by atoms with Gasteiger partial charge in [0, 0.05) is 34.9 Å². The van der Waals surface area contributed by atoms with Gasteiger partial charge < -0.3 is 9.67 Å². The van der Waals surface area contributed by atoms with Gasteiger partial charge >= 0.3 is 5.97 Å². The highest BCUT2D eigenvalue weighted by Gasteiger charge is 2.11. The summed E-state index contributed by atoms with van der Waals surface area (Å²) >= 11 is 12.1. The zero-order valence-electron chi connectivity index (χ0n) is 16.1. The third-order valence-electron chi connectivity index (χ3n) is 4.88. The fourth-order valence-electron chi connectivity index (χ4n) is 3.36. The molecule has 1 N–H and O–H groups in total. The molecule has 0 saturated carbocycles. The molecule has 0 unspecified atom stereocenters. The number of aromatic carboxylic acids is 1. The van der Waals surface area contributed by atoms with E-state index in [1.54, 1.807) is 30.5 Å². The third kappa shape index (κ3) is 4.46. The minimum Gasteiger partial charge on any atom is -0.478 e. The van der Waals surface area contributed by atoms with Crippen molar-refractivity contribution < 1.29 is 9.90 Å². The van der Waals surface area contributed by atoms with Gasteiger partial charge in [-0.05, 0) is 47.5 Å². The molecule has 0 amide bonds. The Morgan fingerprint density at radius 3 is 2.48 bits per heavy atom. The Hall–Kier alpha value is -3.59. The Labute approximate surface area is 188 Å². The maximum atomic E-state index is 11.1. The molecule has 0 bridgehead atoms. The van der Waals surface area contributed by atoms with E-state index < -0.39 is 5.97 Å². The number of hydrogen-bond acceptors (Lipinski definition) is 3. The summed E-state index contributed by atoms with van der Waals surface area (Å²) in [6, 6.07) is 17.7. The molecule has 152 valence electrons. The lowest BCUT2D eigenvalue weighted by molar-refractivity contribution is 0.0697. The molecule has 4 aromatic rings. The van der Waals surface area contributed by atoms with Crippen molar-refractivity contribution in [2.75, 3.05) is 0 Å². The number of aromatic nitrogens is 2. The van der Waals surface area contributed by atoms with Crippen LogP contribution in [-0.4, -0.2) is 20.6 Å². The fraction of sp³-hybridized carbons (Fsp3) is 0.0417. The van der Waals surface area contributed by atoms with Crippen LogP contribution in [0.5, 0.6) is 0 Å². The lowest BCUT2D eigenvalue weighted by Crippen LogP contribution is -1.98. The van der Waals surface area contributed by atoms with E-state index >= 15 is 0 Å². The second-order valence-corrected chi connectivity index (χ2v) is 7.74. The molecule has 4 rings (SSSR count). The van der Waals surface area contributed by atoms with Crippen LogP contribution in [0.15, 0.2) is 67.0 Å². The Balaban J connectivity index is 1.78. The number of hydrogen-bond donors (Lipinski definition) is 1. The maximum absolute atomic E-state index is 11.1. The molecule has 2 heterocycles. The zero-order valence-corrected chi connectivity index (χ0v) is 17.6. The molecule has 7 heteroatoms. The number of benzene rings is 2. The minimum atomic E-state index is -1.01. The van der Waals surface area contributed by atoms with E-state index in [9.17, 15) is 10.1 Å². The largest absolute Gasteiger partial charge is 0.478 e. The van der Waals surface area contributed by atoms with E-state index in [4.69, 9.17) is 28.3 Å². The summed E-state index contributed by atoms with van der Waals surface area (Å²) in [7, 11) is 0. The summed E-state index contributed by atoms with van der Waals surface area (Å²) in [4.78, 5) is 15.2. The Morgan fingerprint density at radius 2 is 1.84 bits per heavy atom. The van der Waals surface area contributed by atoms with Crippen LogP contribution in [0.1, 0.15) is 27.0 Å². The number of nitriles is 1. The van der Waals surface area contributed by atoms with Crippen molar-refractivity contribution in [3.8, 4) is 6.07 Å². The highest BCUT2D eigenvalue weighted by Crippen LogP contribution is 2.29. The van der Waals surface area contributed by atoms with E-state index in [0.29, 0.717) is 27.9 Å². The molecule has 2 aromatic carbocycles. The molecule has 0 spiro atoms. The van der Waals surface area contributed by atoms with Crippen LogP contribution in [0.2, 0.25) is 10.2 Å². The number of nitrogens with zero attached hydrogens (tertiary/aromatic N) is 3. The Morgan fingerprint density at radius 1 is 1.10 bits per heavy atom. The van der Waals surface area contributed by atoms with Gasteiger partial charge in [-0.3, -0.25) is 0 Å². The molecule has 0 fully saturated rings. The maximum Gasteiger partial charge on any atom is 0.335 e. The molecular weight excluding hydrogens is 433 g/mol. The first kappa shape index (κ1) is 20.7. The quantitative estimate of drug-likeness (QED) is 0.293. The van der Waals surface area contributed by atoms with E-state index in [1.165, 1.54) is 12.1 Å². The first-order valence-electron chi connectivity index (χ1n) is 9.29. The lowest BCUT2D eigenvalue weighted by Gasteiger charge is -2.05. The van der Waals surface area contributed by atoms with Crippen molar-refractivity contribution >= 4 is 51.7 Å². The van der Waals surface area contributed by atoms with E-state index in [0.717, 1.165) is 22.0 Å². The van der Waals surface area contributed by atoms with Gasteiger partial charge in [-0.15, -0.1) is 0 Å². The van der Waals surface area contributed by atoms with Gasteiger partial charge in [-0.1, -0.05) is 47.5 Å². The van der Waals surface area contributed by atoms with Gasteiger partial charge in [0.2, 0.25) is 0 Å². The van der Waals surface area contributed by atoms with E-state index in [-0.39, 0.29) is 5.56 Å². The molecule has 0 radical (unpaired) electrons. The molecule has 0 atom stereocenters. The van der Waals surface area contributed by atoms with Crippen molar-refractivity contribution in [1.82, 2.24) is 9.55 Å². The predicted molar refractivity (Wildman–Crippen MR) is 122 cm³/mol. The molecular formula is C24H15Cl2N3O2. The molecule has 2 aromatic heterocycles. The van der Waals surface area contributed by atoms with Crippen molar-refractivity contribution in [3.05, 3.63) is 99.4 Å². The molecule has 5 nitrogen and oxygen atoms in total. The average molecular weight is 448 g/mol. The predicted octanol–water partition coefficient (Wildman–Crippen LogP) is 6.15. The SMILES string of the molecule is N#CC(=Cc1cn(Cc2ccc(Cl)nc2)c2cc(Cl)ccc12)c1ccc(C(=O)O)cc1. The van der Waals surface area contributed by atoms with Crippen LogP contribution in [0, 0.1) is 11.3 Å². The van der Waals surface area contributed by atoms with E-state index in [1.807, 2.05) is 35.0 Å². The van der Waals surface area contributed by atoms with Gasteiger partial charge in [0.15, 0.2) is 0 Å². The highest BCUT2D eigenvalue weighted by atomic mass is 35.5. The van der Waals surface area contributed by atoms with Crippen LogP contribution in [0.3, 0.4) is 0 Å². The van der Waals surface area contributed by atoms with Crippen LogP contribution in [0.4, 0.5) is 0 Å². The lowest BCUT2D eigenvalue weighted by atomic mass is 10.0. The van der Waals surface area contributed by atoms with Crippen LogP contribution >= 0.6 is 23.2 Å². The summed E-state index contributed by atoms with van der Waals surface area (Å²) in [6.07, 6.45) is 5.47. The van der Waals surface area contributed by atoms with Gasteiger partial charge in [0.25, 0.3) is 0 Å². The van der Waals surface area contributed by atoms with Crippen molar-refractivity contribution in [1.29, 1.82) is 5.26 Å². The minimum absolute atomic E-state index is 0.170. The number of carboxylic acids is 1. The van der Waals surface area contributed by atoms with Gasteiger partial charge in [-0.2, -0.15) is 5.26 Å². The Kier molecular flexibility index (Phi) is 5.77. The van der Waals surface area contributed by atoms with Crippen molar-refractivity contribution in [2.45, 2.75) is 6.54 Å². The number of carboxylic acid groups (broad SMARTS) is 1. The normalized spacial score (nSPS) is 11.5. The zero-order chi connectivity index (χ0) is 22.0. The molecule has 0 aliphatic carbocycles. The van der Waals surface area contributed by atoms with Gasteiger partial charge in [-0.25, -0.2) is 9.78 Å². The highest BCUT2D eigenvalue weighted by molar-refractivity contribution is 6.31. The summed E-state index contributed by atoms with van der Waals surface area (Å²) < 4.78 is 2.04. The second kappa shape index (κ2) is 8.65. The van der Waals surface area contributed by atoms with Gasteiger partial charge in [0.1, 0.15) is 5.15 Å². The van der Waals surface area contributed by atoms with Crippen LogP contribution < -0.4 is 0 Å².